The van der Waals surface area contributed by atoms with Gasteiger partial charge in [-0.15, -0.1) is 0 Å². The molecular weight excluding hydrogens is 199 g/mol. The van der Waals surface area contributed by atoms with Gasteiger partial charge in [0.15, 0.2) is 0 Å². The predicted molar refractivity (Wildman–Crippen MR) is 56.1 cm³/mol. The highest BCUT2D eigenvalue weighted by molar-refractivity contribution is 7.58. The molecule has 1 unspecified atom stereocenters. The summed E-state index contributed by atoms with van der Waals surface area (Å²) in [6.45, 7) is 1.55. The summed E-state index contributed by atoms with van der Waals surface area (Å²) >= 11 is 0. The molecule has 14 heavy (non-hydrogen) atoms. The van der Waals surface area contributed by atoms with Crippen LogP contribution < -0.4 is 4.52 Å². The molecule has 0 spiro atoms. The van der Waals surface area contributed by atoms with Gasteiger partial charge < -0.3 is 9.32 Å². The molecule has 0 saturated heterocycles. The maximum absolute atomic E-state index is 11.8. The summed E-state index contributed by atoms with van der Waals surface area (Å²) in [5.74, 6) is 0.587. The van der Waals surface area contributed by atoms with E-state index in [-0.39, 0.29) is 6.42 Å². The predicted octanol–water partition coefficient (Wildman–Crippen LogP) is 2.56. The first-order valence-electron chi connectivity index (χ1n) is 4.39. The number of hydrogen-bond acceptors (Lipinski definition) is 3. The summed E-state index contributed by atoms with van der Waals surface area (Å²) in [5, 5.41) is 0. The number of para-hydroxylation sites is 1. The molecule has 0 aromatic heterocycles. The molecule has 0 aliphatic rings. The molecule has 0 radical (unpaired) electrons. The Morgan fingerprint density at radius 3 is 2.57 bits per heavy atom. The molecule has 0 saturated carbocycles. The minimum atomic E-state index is -2.66. The van der Waals surface area contributed by atoms with E-state index >= 15 is 0 Å². The largest absolute Gasteiger partial charge is 0.443 e. The van der Waals surface area contributed by atoms with Crippen LogP contribution in [0.1, 0.15) is 6.42 Å². The maximum Gasteiger partial charge on any atom is 0.245 e. The first-order chi connectivity index (χ1) is 6.64. The first kappa shape index (κ1) is 11.0. The van der Waals surface area contributed by atoms with Gasteiger partial charge in [0.2, 0.25) is 7.37 Å². The molecule has 1 aromatic rings. The van der Waals surface area contributed by atoms with Gasteiger partial charge in [-0.1, -0.05) is 18.2 Å². The Labute approximate surface area is 83.5 Å². The van der Waals surface area contributed by atoms with Crippen molar-refractivity contribution in [2.45, 2.75) is 6.42 Å². The molecule has 0 fully saturated rings. The summed E-state index contributed by atoms with van der Waals surface area (Å²) in [7, 11) is -2.66. The standard InChI is InChI=1S/C10H13O3P/c1-14(12,9-5-8-11)13-10-6-3-2-4-7-10/h2-4,6-8H,5,9H2,1H3. The molecule has 0 aliphatic heterocycles. The van der Waals surface area contributed by atoms with Crippen molar-refractivity contribution in [3.8, 4) is 5.75 Å². The molecule has 0 N–H and O–H groups in total. The molecule has 0 aliphatic carbocycles. The fraction of sp³-hybridized carbons (Fsp3) is 0.300. The van der Waals surface area contributed by atoms with Crippen LogP contribution in [-0.4, -0.2) is 19.1 Å². The lowest BCUT2D eigenvalue weighted by molar-refractivity contribution is -0.107. The van der Waals surface area contributed by atoms with Crippen LogP contribution in [0.2, 0.25) is 0 Å². The van der Waals surface area contributed by atoms with E-state index in [0.717, 1.165) is 6.29 Å². The van der Waals surface area contributed by atoms with Gasteiger partial charge in [0, 0.05) is 19.2 Å². The second kappa shape index (κ2) is 4.97. The maximum atomic E-state index is 11.8. The van der Waals surface area contributed by atoms with Gasteiger partial charge in [0.1, 0.15) is 12.0 Å². The Bertz CT molecular complexity index is 334. The summed E-state index contributed by atoms with van der Waals surface area (Å²) in [6.07, 6.45) is 1.33. The van der Waals surface area contributed by atoms with Crippen LogP contribution in [0.3, 0.4) is 0 Å². The van der Waals surface area contributed by atoms with Crippen molar-refractivity contribution >= 4 is 13.7 Å². The number of hydrogen-bond donors (Lipinski definition) is 0. The molecule has 0 heterocycles. The summed E-state index contributed by atoms with van der Waals surface area (Å²) in [6, 6.07) is 8.98. The minimum absolute atomic E-state index is 0.278. The van der Waals surface area contributed by atoms with E-state index in [4.69, 9.17) is 4.52 Å². The normalized spacial score (nSPS) is 14.4. The quantitative estimate of drug-likeness (QED) is 0.556. The van der Waals surface area contributed by atoms with Crippen LogP contribution in [-0.2, 0) is 9.36 Å². The van der Waals surface area contributed by atoms with Crippen LogP contribution in [0.25, 0.3) is 0 Å². The number of carbonyl (C=O) groups excluding carboxylic acids is 1. The summed E-state index contributed by atoms with van der Waals surface area (Å²) < 4.78 is 17.1. The Morgan fingerprint density at radius 2 is 2.00 bits per heavy atom. The van der Waals surface area contributed by atoms with E-state index in [0.29, 0.717) is 11.9 Å². The first-order valence-corrected chi connectivity index (χ1v) is 6.64. The molecule has 1 rings (SSSR count). The van der Waals surface area contributed by atoms with E-state index in [9.17, 15) is 9.36 Å². The highest BCUT2D eigenvalue weighted by atomic mass is 31.2. The smallest absolute Gasteiger partial charge is 0.245 e. The van der Waals surface area contributed by atoms with Gasteiger partial charge in [0.05, 0.1) is 0 Å². The molecule has 0 bridgehead atoms. The van der Waals surface area contributed by atoms with Gasteiger partial charge in [-0.2, -0.15) is 0 Å². The van der Waals surface area contributed by atoms with Crippen LogP contribution in [0.4, 0.5) is 0 Å². The Kier molecular flexibility index (Phi) is 3.90. The van der Waals surface area contributed by atoms with Gasteiger partial charge in [-0.25, -0.2) is 0 Å². The summed E-state index contributed by atoms with van der Waals surface area (Å²) in [4.78, 5) is 10.1. The molecule has 3 nitrogen and oxygen atoms in total. The van der Waals surface area contributed by atoms with Crippen LogP contribution >= 0.6 is 7.37 Å². The third kappa shape index (κ3) is 3.75. The van der Waals surface area contributed by atoms with Crippen molar-refractivity contribution in [1.82, 2.24) is 0 Å². The average molecular weight is 212 g/mol. The van der Waals surface area contributed by atoms with Crippen LogP contribution in [0.15, 0.2) is 30.3 Å². The number of rotatable bonds is 5. The van der Waals surface area contributed by atoms with Gasteiger partial charge in [0.25, 0.3) is 0 Å². The van der Waals surface area contributed by atoms with Crippen molar-refractivity contribution in [3.05, 3.63) is 30.3 Å². The lowest BCUT2D eigenvalue weighted by Gasteiger charge is -2.13. The highest BCUT2D eigenvalue weighted by Gasteiger charge is 2.16. The summed E-state index contributed by atoms with van der Waals surface area (Å²) in [5.41, 5.74) is 0. The van der Waals surface area contributed by atoms with Crippen LogP contribution in [0.5, 0.6) is 5.75 Å². The zero-order valence-electron chi connectivity index (χ0n) is 8.05. The topological polar surface area (TPSA) is 43.4 Å². The molecule has 76 valence electrons. The SMILES string of the molecule is CP(=O)(CCC=O)Oc1ccccc1. The zero-order valence-corrected chi connectivity index (χ0v) is 8.94. The zero-order chi connectivity index (χ0) is 10.4. The monoisotopic (exact) mass is 212 g/mol. The Hall–Kier alpha value is -1.08. The van der Waals surface area contributed by atoms with E-state index < -0.39 is 7.37 Å². The number of carbonyl (C=O) groups is 1. The average Bonchev–Trinajstić information content (AvgIpc) is 2.16. The fourth-order valence-corrected chi connectivity index (χ4v) is 2.27. The van der Waals surface area contributed by atoms with E-state index in [2.05, 4.69) is 0 Å². The molecule has 1 atom stereocenters. The lowest BCUT2D eigenvalue weighted by Crippen LogP contribution is -1.96. The van der Waals surface area contributed by atoms with Crippen molar-refractivity contribution < 1.29 is 13.9 Å². The number of benzene rings is 1. The van der Waals surface area contributed by atoms with Crippen molar-refractivity contribution in [2.75, 3.05) is 12.8 Å². The molecular formula is C10H13O3P. The van der Waals surface area contributed by atoms with Gasteiger partial charge in [-0.3, -0.25) is 4.57 Å². The van der Waals surface area contributed by atoms with Crippen LogP contribution in [0, 0.1) is 0 Å². The van der Waals surface area contributed by atoms with Crippen molar-refractivity contribution in [2.24, 2.45) is 0 Å². The van der Waals surface area contributed by atoms with Gasteiger partial charge >= 0.3 is 0 Å². The second-order valence-electron chi connectivity index (χ2n) is 3.10. The number of aldehydes is 1. The van der Waals surface area contributed by atoms with Crippen molar-refractivity contribution in [1.29, 1.82) is 0 Å². The minimum Gasteiger partial charge on any atom is -0.443 e. The molecule has 4 heteroatoms. The molecule has 0 amide bonds. The lowest BCUT2D eigenvalue weighted by atomic mass is 10.3. The van der Waals surface area contributed by atoms with E-state index in [1.165, 1.54) is 0 Å². The molecule has 1 aromatic carbocycles. The third-order valence-electron chi connectivity index (χ3n) is 1.69. The third-order valence-corrected chi connectivity index (χ3v) is 3.36. The van der Waals surface area contributed by atoms with E-state index in [1.54, 1.807) is 18.8 Å². The second-order valence-corrected chi connectivity index (χ2v) is 5.76. The van der Waals surface area contributed by atoms with Crippen molar-refractivity contribution in [3.63, 3.8) is 0 Å². The Balaban J connectivity index is 2.59. The van der Waals surface area contributed by atoms with E-state index in [1.807, 2.05) is 18.2 Å². The Morgan fingerprint density at radius 1 is 1.36 bits per heavy atom. The fourth-order valence-electron chi connectivity index (χ4n) is 1.04. The van der Waals surface area contributed by atoms with Gasteiger partial charge in [-0.05, 0) is 12.1 Å². The highest BCUT2D eigenvalue weighted by Crippen LogP contribution is 2.43.